The van der Waals surface area contributed by atoms with Crippen LogP contribution in [0.1, 0.15) is 37.7 Å². The van der Waals surface area contributed by atoms with E-state index in [4.69, 9.17) is 4.74 Å². The van der Waals surface area contributed by atoms with Gasteiger partial charge in [0.25, 0.3) is 0 Å². The number of rotatable bonds is 3. The Morgan fingerprint density at radius 1 is 1.18 bits per heavy atom. The molecule has 1 aromatic carbocycles. The Kier molecular flexibility index (Phi) is 4.13. The summed E-state index contributed by atoms with van der Waals surface area (Å²) in [6.07, 6.45) is 5.36. The Hall–Kier alpha value is -1.38. The Bertz CT molecular complexity index is 366. The Morgan fingerprint density at radius 2 is 1.82 bits per heavy atom. The van der Waals surface area contributed by atoms with Crippen LogP contribution < -0.4 is 0 Å². The zero-order valence-corrected chi connectivity index (χ0v) is 9.82. The molecule has 0 saturated heterocycles. The minimum atomic E-state index is -0.271. The number of carbonyl (C=O) groups is 1. The van der Waals surface area contributed by atoms with Gasteiger partial charge in [0.15, 0.2) is 0 Å². The predicted octanol–water partition coefficient (Wildman–Crippen LogP) is 3.45. The molecule has 2 nitrogen and oxygen atoms in total. The van der Waals surface area contributed by atoms with Crippen molar-refractivity contribution in [2.24, 2.45) is 5.92 Å². The van der Waals surface area contributed by atoms with Gasteiger partial charge >= 0.3 is 5.97 Å². The molecular formula is C14H17FO2. The molecule has 0 aromatic heterocycles. The predicted molar refractivity (Wildman–Crippen MR) is 62.8 cm³/mol. The van der Waals surface area contributed by atoms with Gasteiger partial charge in [-0.25, -0.2) is 4.39 Å². The fourth-order valence-electron chi connectivity index (χ4n) is 2.19. The van der Waals surface area contributed by atoms with Crippen LogP contribution in [-0.2, 0) is 16.1 Å². The van der Waals surface area contributed by atoms with Crippen LogP contribution in [0.2, 0.25) is 0 Å². The molecule has 1 fully saturated rings. The highest BCUT2D eigenvalue weighted by Crippen LogP contribution is 2.24. The van der Waals surface area contributed by atoms with Crippen LogP contribution in [0, 0.1) is 11.7 Å². The van der Waals surface area contributed by atoms with E-state index in [0.29, 0.717) is 0 Å². The smallest absolute Gasteiger partial charge is 0.309 e. The van der Waals surface area contributed by atoms with Gasteiger partial charge < -0.3 is 4.74 Å². The fraction of sp³-hybridized carbons (Fsp3) is 0.500. The molecule has 1 saturated carbocycles. The summed E-state index contributed by atoms with van der Waals surface area (Å²) in [5.74, 6) is -0.300. The average Bonchev–Trinajstić information content (AvgIpc) is 2.39. The summed E-state index contributed by atoms with van der Waals surface area (Å²) in [5, 5.41) is 0. The molecule has 1 aliphatic rings. The van der Waals surface area contributed by atoms with E-state index < -0.39 is 0 Å². The van der Waals surface area contributed by atoms with Crippen molar-refractivity contribution in [1.29, 1.82) is 0 Å². The molecule has 17 heavy (non-hydrogen) atoms. The standard InChI is InChI=1S/C14H17FO2/c15-13-8-6-11(7-9-13)10-17-14(16)12-4-2-1-3-5-12/h6-9,12H,1-5,10H2. The fourth-order valence-corrected chi connectivity index (χ4v) is 2.19. The van der Waals surface area contributed by atoms with E-state index in [0.717, 1.165) is 31.2 Å². The highest BCUT2D eigenvalue weighted by atomic mass is 19.1. The first-order valence-corrected chi connectivity index (χ1v) is 6.17. The summed E-state index contributed by atoms with van der Waals surface area (Å²) >= 11 is 0. The topological polar surface area (TPSA) is 26.3 Å². The molecule has 0 unspecified atom stereocenters. The first kappa shape index (κ1) is 12.1. The van der Waals surface area contributed by atoms with Crippen LogP contribution in [-0.4, -0.2) is 5.97 Å². The monoisotopic (exact) mass is 236 g/mol. The second kappa shape index (κ2) is 5.80. The maximum absolute atomic E-state index is 12.7. The molecule has 1 aliphatic carbocycles. The van der Waals surface area contributed by atoms with Crippen LogP contribution in [0.4, 0.5) is 4.39 Å². The molecule has 1 aromatic rings. The lowest BCUT2D eigenvalue weighted by Gasteiger charge is -2.19. The van der Waals surface area contributed by atoms with Gasteiger partial charge in [-0.15, -0.1) is 0 Å². The van der Waals surface area contributed by atoms with Crippen LogP contribution in [0.25, 0.3) is 0 Å². The van der Waals surface area contributed by atoms with Gasteiger partial charge in [-0.3, -0.25) is 4.79 Å². The van der Waals surface area contributed by atoms with Gasteiger partial charge in [0.2, 0.25) is 0 Å². The van der Waals surface area contributed by atoms with Crippen molar-refractivity contribution in [1.82, 2.24) is 0 Å². The number of ether oxygens (including phenoxy) is 1. The molecule has 92 valence electrons. The van der Waals surface area contributed by atoms with Crippen LogP contribution in [0.5, 0.6) is 0 Å². The average molecular weight is 236 g/mol. The number of esters is 1. The van der Waals surface area contributed by atoms with Gasteiger partial charge in [-0.05, 0) is 30.5 Å². The first-order chi connectivity index (χ1) is 8.25. The van der Waals surface area contributed by atoms with E-state index in [1.807, 2.05) is 0 Å². The molecule has 0 bridgehead atoms. The van der Waals surface area contributed by atoms with Gasteiger partial charge in [-0.1, -0.05) is 31.4 Å². The zero-order chi connectivity index (χ0) is 12.1. The van der Waals surface area contributed by atoms with Crippen molar-refractivity contribution in [3.63, 3.8) is 0 Å². The van der Waals surface area contributed by atoms with Crippen molar-refractivity contribution in [2.75, 3.05) is 0 Å². The molecule has 0 N–H and O–H groups in total. The third kappa shape index (κ3) is 3.55. The third-order valence-corrected chi connectivity index (χ3v) is 3.23. The molecule has 3 heteroatoms. The molecule has 0 heterocycles. The highest BCUT2D eigenvalue weighted by molar-refractivity contribution is 5.72. The molecule has 0 atom stereocenters. The Morgan fingerprint density at radius 3 is 2.47 bits per heavy atom. The second-order valence-corrected chi connectivity index (χ2v) is 4.57. The SMILES string of the molecule is O=C(OCc1ccc(F)cc1)C1CCCCC1. The lowest BCUT2D eigenvalue weighted by Crippen LogP contribution is -2.20. The van der Waals surface area contributed by atoms with E-state index in [2.05, 4.69) is 0 Å². The normalized spacial score (nSPS) is 16.8. The molecule has 0 amide bonds. The van der Waals surface area contributed by atoms with E-state index in [1.165, 1.54) is 18.6 Å². The molecular weight excluding hydrogens is 219 g/mol. The molecule has 0 radical (unpaired) electrons. The summed E-state index contributed by atoms with van der Waals surface area (Å²) in [6, 6.07) is 6.04. The number of benzene rings is 1. The number of carbonyl (C=O) groups excluding carboxylic acids is 1. The van der Waals surface area contributed by atoms with Crippen LogP contribution >= 0.6 is 0 Å². The maximum Gasteiger partial charge on any atom is 0.309 e. The quantitative estimate of drug-likeness (QED) is 0.751. The first-order valence-electron chi connectivity index (χ1n) is 6.17. The van der Waals surface area contributed by atoms with Gasteiger partial charge in [0.1, 0.15) is 12.4 Å². The van der Waals surface area contributed by atoms with Gasteiger partial charge in [0.05, 0.1) is 5.92 Å². The summed E-state index contributed by atoms with van der Waals surface area (Å²) < 4.78 is 17.9. The lowest BCUT2D eigenvalue weighted by molar-refractivity contribution is -0.151. The Balaban J connectivity index is 1.81. The van der Waals surface area contributed by atoms with Crippen molar-refractivity contribution < 1.29 is 13.9 Å². The summed E-state index contributed by atoms with van der Waals surface area (Å²) in [5.41, 5.74) is 0.829. The molecule has 0 spiro atoms. The van der Waals surface area contributed by atoms with Crippen molar-refractivity contribution in [3.05, 3.63) is 35.6 Å². The minimum absolute atomic E-state index is 0.0733. The summed E-state index contributed by atoms with van der Waals surface area (Å²) in [4.78, 5) is 11.7. The van der Waals surface area contributed by atoms with E-state index >= 15 is 0 Å². The molecule has 2 rings (SSSR count). The van der Waals surface area contributed by atoms with Gasteiger partial charge in [0, 0.05) is 0 Å². The number of halogens is 1. The third-order valence-electron chi connectivity index (χ3n) is 3.23. The van der Waals surface area contributed by atoms with Gasteiger partial charge in [-0.2, -0.15) is 0 Å². The maximum atomic E-state index is 12.7. The van der Waals surface area contributed by atoms with Crippen molar-refractivity contribution in [2.45, 2.75) is 38.7 Å². The molecule has 0 aliphatic heterocycles. The van der Waals surface area contributed by atoms with Crippen LogP contribution in [0.15, 0.2) is 24.3 Å². The minimum Gasteiger partial charge on any atom is -0.461 e. The van der Waals surface area contributed by atoms with Crippen LogP contribution in [0.3, 0.4) is 0 Å². The van der Waals surface area contributed by atoms with Crippen molar-refractivity contribution >= 4 is 5.97 Å². The number of hydrogen-bond acceptors (Lipinski definition) is 2. The Labute approximate surface area is 101 Å². The second-order valence-electron chi connectivity index (χ2n) is 4.57. The number of hydrogen-bond donors (Lipinski definition) is 0. The highest BCUT2D eigenvalue weighted by Gasteiger charge is 2.22. The van der Waals surface area contributed by atoms with E-state index in [1.54, 1.807) is 12.1 Å². The lowest BCUT2D eigenvalue weighted by atomic mass is 9.89. The van der Waals surface area contributed by atoms with E-state index in [-0.39, 0.29) is 24.3 Å². The zero-order valence-electron chi connectivity index (χ0n) is 9.82. The summed E-state index contributed by atoms with van der Waals surface area (Å²) in [7, 11) is 0. The summed E-state index contributed by atoms with van der Waals surface area (Å²) in [6.45, 7) is 0.246. The largest absolute Gasteiger partial charge is 0.461 e. The van der Waals surface area contributed by atoms with Crippen molar-refractivity contribution in [3.8, 4) is 0 Å². The van der Waals surface area contributed by atoms with E-state index in [9.17, 15) is 9.18 Å².